The average Bonchev–Trinajstić information content (AvgIpc) is 3.13. The summed E-state index contributed by atoms with van der Waals surface area (Å²) in [5.41, 5.74) is 4.31. The van der Waals surface area contributed by atoms with Crippen LogP contribution in [-0.4, -0.2) is 25.2 Å². The molecule has 0 aromatic heterocycles. The van der Waals surface area contributed by atoms with Gasteiger partial charge in [-0.3, -0.25) is 0 Å². The van der Waals surface area contributed by atoms with Gasteiger partial charge in [0.15, 0.2) is 0 Å². The zero-order valence-corrected chi connectivity index (χ0v) is 11.6. The normalized spacial score (nSPS) is 24.3. The predicted octanol–water partition coefficient (Wildman–Crippen LogP) is 3.02. The van der Waals surface area contributed by atoms with Crippen LogP contribution in [0.5, 0.6) is 0 Å². The number of hydrogen-bond donors (Lipinski definition) is 1. The van der Waals surface area contributed by atoms with E-state index in [1.54, 1.807) is 0 Å². The molecule has 2 nitrogen and oxygen atoms in total. The second kappa shape index (κ2) is 4.93. The van der Waals surface area contributed by atoms with Crippen molar-refractivity contribution in [2.75, 3.05) is 18.0 Å². The van der Waals surface area contributed by atoms with E-state index in [2.05, 4.69) is 42.3 Å². The fraction of sp³-hybridized carbons (Fsp3) is 0.625. The SMILES string of the molecule is Cc1cccc(C)c1N1CCCC(NC2CC2)C1. The third kappa shape index (κ3) is 2.54. The minimum Gasteiger partial charge on any atom is -0.370 e. The van der Waals surface area contributed by atoms with Crippen molar-refractivity contribution >= 4 is 5.69 Å². The number of benzene rings is 1. The van der Waals surface area contributed by atoms with Crippen LogP contribution in [0.25, 0.3) is 0 Å². The lowest BCUT2D eigenvalue weighted by Crippen LogP contribution is -2.46. The highest BCUT2D eigenvalue weighted by Gasteiger charge is 2.28. The summed E-state index contributed by atoms with van der Waals surface area (Å²) in [7, 11) is 0. The molecule has 1 heterocycles. The van der Waals surface area contributed by atoms with Gasteiger partial charge in [-0.25, -0.2) is 0 Å². The molecule has 0 spiro atoms. The lowest BCUT2D eigenvalue weighted by Gasteiger charge is -2.36. The zero-order chi connectivity index (χ0) is 12.5. The molecule has 0 radical (unpaired) electrons. The van der Waals surface area contributed by atoms with Crippen molar-refractivity contribution in [2.24, 2.45) is 0 Å². The average molecular weight is 244 g/mol. The number of rotatable bonds is 3. The van der Waals surface area contributed by atoms with Gasteiger partial charge in [0, 0.05) is 30.9 Å². The van der Waals surface area contributed by atoms with E-state index in [1.807, 2.05) is 0 Å². The van der Waals surface area contributed by atoms with E-state index < -0.39 is 0 Å². The monoisotopic (exact) mass is 244 g/mol. The van der Waals surface area contributed by atoms with Gasteiger partial charge in [-0.05, 0) is 50.7 Å². The third-order valence-corrected chi connectivity index (χ3v) is 4.23. The lowest BCUT2D eigenvalue weighted by atomic mass is 10.0. The molecular weight excluding hydrogens is 220 g/mol. The molecule has 1 aliphatic heterocycles. The topological polar surface area (TPSA) is 15.3 Å². The number of piperidine rings is 1. The van der Waals surface area contributed by atoms with Crippen LogP contribution in [0.2, 0.25) is 0 Å². The van der Waals surface area contributed by atoms with Crippen LogP contribution in [-0.2, 0) is 0 Å². The largest absolute Gasteiger partial charge is 0.370 e. The van der Waals surface area contributed by atoms with Crippen LogP contribution in [0, 0.1) is 13.8 Å². The molecule has 1 aromatic carbocycles. The van der Waals surface area contributed by atoms with E-state index in [0.29, 0.717) is 6.04 Å². The number of aryl methyl sites for hydroxylation is 2. The first-order valence-corrected chi connectivity index (χ1v) is 7.31. The molecule has 1 saturated heterocycles. The molecule has 2 heteroatoms. The van der Waals surface area contributed by atoms with Gasteiger partial charge in [0.2, 0.25) is 0 Å². The van der Waals surface area contributed by atoms with E-state index in [4.69, 9.17) is 0 Å². The fourth-order valence-electron chi connectivity index (χ4n) is 3.20. The van der Waals surface area contributed by atoms with Gasteiger partial charge in [-0.1, -0.05) is 18.2 Å². The Morgan fingerprint density at radius 1 is 1.06 bits per heavy atom. The minimum absolute atomic E-state index is 0.699. The summed E-state index contributed by atoms with van der Waals surface area (Å²) in [6.45, 7) is 6.87. The van der Waals surface area contributed by atoms with E-state index in [1.165, 1.54) is 55.6 Å². The molecule has 1 unspecified atom stereocenters. The molecular formula is C16H24N2. The van der Waals surface area contributed by atoms with Gasteiger partial charge in [-0.15, -0.1) is 0 Å². The maximum absolute atomic E-state index is 3.79. The third-order valence-electron chi connectivity index (χ3n) is 4.23. The van der Waals surface area contributed by atoms with Crippen LogP contribution in [0.4, 0.5) is 5.69 Å². The Balaban J connectivity index is 1.74. The molecule has 3 rings (SSSR count). The van der Waals surface area contributed by atoms with Gasteiger partial charge >= 0.3 is 0 Å². The summed E-state index contributed by atoms with van der Waals surface area (Å²) in [5.74, 6) is 0. The van der Waals surface area contributed by atoms with Crippen molar-refractivity contribution < 1.29 is 0 Å². The first-order valence-electron chi connectivity index (χ1n) is 7.31. The smallest absolute Gasteiger partial charge is 0.0426 e. The molecule has 98 valence electrons. The highest BCUT2D eigenvalue weighted by Crippen LogP contribution is 2.28. The number of para-hydroxylation sites is 1. The molecule has 0 amide bonds. The summed E-state index contributed by atoms with van der Waals surface area (Å²) < 4.78 is 0. The molecule has 2 fully saturated rings. The molecule has 1 saturated carbocycles. The maximum atomic E-state index is 3.79. The summed E-state index contributed by atoms with van der Waals surface area (Å²) >= 11 is 0. The summed E-state index contributed by atoms with van der Waals surface area (Å²) in [6, 6.07) is 8.16. The van der Waals surface area contributed by atoms with Gasteiger partial charge < -0.3 is 10.2 Å². The van der Waals surface area contributed by atoms with Crippen LogP contribution in [0.1, 0.15) is 36.8 Å². The Bertz CT molecular complexity index is 403. The Hall–Kier alpha value is -1.02. The Kier molecular flexibility index (Phi) is 3.29. The lowest BCUT2D eigenvalue weighted by molar-refractivity contribution is 0.420. The first kappa shape index (κ1) is 12.0. The fourth-order valence-corrected chi connectivity index (χ4v) is 3.20. The molecule has 2 aliphatic rings. The second-order valence-corrected chi connectivity index (χ2v) is 5.97. The van der Waals surface area contributed by atoms with Crippen molar-refractivity contribution in [2.45, 2.75) is 51.6 Å². The number of nitrogens with zero attached hydrogens (tertiary/aromatic N) is 1. The number of anilines is 1. The molecule has 1 atom stereocenters. The Morgan fingerprint density at radius 3 is 2.44 bits per heavy atom. The van der Waals surface area contributed by atoms with Crippen LogP contribution in [0.15, 0.2) is 18.2 Å². The summed E-state index contributed by atoms with van der Waals surface area (Å²) in [4.78, 5) is 2.59. The Labute approximate surface area is 110 Å². The minimum atomic E-state index is 0.699. The summed E-state index contributed by atoms with van der Waals surface area (Å²) in [5, 5.41) is 3.79. The van der Waals surface area contributed by atoms with Crippen molar-refractivity contribution in [1.82, 2.24) is 5.32 Å². The van der Waals surface area contributed by atoms with E-state index in [-0.39, 0.29) is 0 Å². The van der Waals surface area contributed by atoms with Gasteiger partial charge in [-0.2, -0.15) is 0 Å². The van der Waals surface area contributed by atoms with Gasteiger partial charge in [0.05, 0.1) is 0 Å². The van der Waals surface area contributed by atoms with Crippen LogP contribution >= 0.6 is 0 Å². The second-order valence-electron chi connectivity index (χ2n) is 5.97. The highest BCUT2D eigenvalue weighted by molar-refractivity contribution is 5.59. The van der Waals surface area contributed by atoms with Gasteiger partial charge in [0.1, 0.15) is 0 Å². The molecule has 1 N–H and O–H groups in total. The molecule has 1 aromatic rings. The summed E-state index contributed by atoms with van der Waals surface area (Å²) in [6.07, 6.45) is 5.44. The zero-order valence-electron chi connectivity index (χ0n) is 11.6. The molecule has 0 bridgehead atoms. The van der Waals surface area contributed by atoms with Crippen molar-refractivity contribution in [3.8, 4) is 0 Å². The van der Waals surface area contributed by atoms with Crippen LogP contribution < -0.4 is 10.2 Å². The van der Waals surface area contributed by atoms with E-state index in [0.717, 1.165) is 6.04 Å². The molecule has 1 aliphatic carbocycles. The quantitative estimate of drug-likeness (QED) is 0.879. The van der Waals surface area contributed by atoms with Crippen molar-refractivity contribution in [1.29, 1.82) is 0 Å². The number of hydrogen-bond acceptors (Lipinski definition) is 2. The van der Waals surface area contributed by atoms with Crippen molar-refractivity contribution in [3.63, 3.8) is 0 Å². The Morgan fingerprint density at radius 2 is 1.78 bits per heavy atom. The first-order chi connectivity index (χ1) is 8.74. The van der Waals surface area contributed by atoms with E-state index >= 15 is 0 Å². The standard InChI is InChI=1S/C16H24N2/c1-12-5-3-6-13(2)16(12)18-10-4-7-15(11-18)17-14-8-9-14/h3,5-6,14-15,17H,4,7-11H2,1-2H3. The number of nitrogens with one attached hydrogen (secondary N) is 1. The van der Waals surface area contributed by atoms with Gasteiger partial charge in [0.25, 0.3) is 0 Å². The predicted molar refractivity (Wildman–Crippen MR) is 77.3 cm³/mol. The highest BCUT2D eigenvalue weighted by atomic mass is 15.2. The van der Waals surface area contributed by atoms with E-state index in [9.17, 15) is 0 Å². The maximum Gasteiger partial charge on any atom is 0.0426 e. The van der Waals surface area contributed by atoms with Crippen molar-refractivity contribution in [3.05, 3.63) is 29.3 Å². The molecule has 18 heavy (non-hydrogen) atoms. The van der Waals surface area contributed by atoms with Crippen LogP contribution in [0.3, 0.4) is 0 Å².